The number of hydrogen-bond donors (Lipinski definition) is 1. The van der Waals surface area contributed by atoms with Crippen molar-refractivity contribution in [2.45, 2.75) is 24.2 Å². The molecule has 0 aliphatic heterocycles. The first-order valence-electron chi connectivity index (χ1n) is 4.79. The van der Waals surface area contributed by atoms with Crippen molar-refractivity contribution in [1.29, 1.82) is 5.26 Å². The number of nitrogen functional groups attached to an aromatic ring is 1. The highest BCUT2D eigenvalue weighted by molar-refractivity contribution is 9.10. The maximum absolute atomic E-state index is 8.38. The molecule has 1 aromatic carbocycles. The van der Waals surface area contributed by atoms with E-state index in [9.17, 15) is 0 Å². The lowest BCUT2D eigenvalue weighted by Gasteiger charge is -2.04. The largest absolute Gasteiger partial charge is 0.398 e. The number of hydrogen-bond acceptors (Lipinski definition) is 3. The molecule has 0 amide bonds. The fourth-order valence-electron chi connectivity index (χ4n) is 1.14. The van der Waals surface area contributed by atoms with Crippen LogP contribution in [0.15, 0.2) is 27.6 Å². The van der Waals surface area contributed by atoms with Crippen molar-refractivity contribution < 1.29 is 0 Å². The van der Waals surface area contributed by atoms with Crippen LogP contribution in [0.25, 0.3) is 0 Å². The second kappa shape index (κ2) is 6.76. The van der Waals surface area contributed by atoms with Crippen LogP contribution in [0, 0.1) is 11.3 Å². The first-order chi connectivity index (χ1) is 7.24. The SMILES string of the molecule is N#CCCCCSc1ccc(Br)cc1N. The van der Waals surface area contributed by atoms with Crippen molar-refractivity contribution in [2.24, 2.45) is 0 Å². The molecule has 1 rings (SSSR count). The van der Waals surface area contributed by atoms with Crippen molar-refractivity contribution in [3.05, 3.63) is 22.7 Å². The van der Waals surface area contributed by atoms with Crippen LogP contribution >= 0.6 is 27.7 Å². The zero-order chi connectivity index (χ0) is 11.1. The highest BCUT2D eigenvalue weighted by atomic mass is 79.9. The number of rotatable bonds is 5. The van der Waals surface area contributed by atoms with Crippen LogP contribution in [0.1, 0.15) is 19.3 Å². The first-order valence-corrected chi connectivity index (χ1v) is 6.56. The van der Waals surface area contributed by atoms with Crippen LogP contribution in [-0.2, 0) is 0 Å². The second-order valence-corrected chi connectivity index (χ2v) is 5.20. The Labute approximate surface area is 103 Å². The molecule has 0 aliphatic rings. The minimum absolute atomic E-state index is 0.649. The second-order valence-electron chi connectivity index (χ2n) is 3.15. The molecule has 0 aromatic heterocycles. The fourth-order valence-corrected chi connectivity index (χ4v) is 2.48. The number of unbranched alkanes of at least 4 members (excludes halogenated alkanes) is 2. The Kier molecular flexibility index (Phi) is 5.59. The summed E-state index contributed by atoms with van der Waals surface area (Å²) in [5.74, 6) is 1.02. The summed E-state index contributed by atoms with van der Waals surface area (Å²) in [5, 5.41) is 8.38. The van der Waals surface area contributed by atoms with E-state index in [1.807, 2.05) is 18.2 Å². The number of thioether (sulfide) groups is 1. The number of nitrogens with two attached hydrogens (primary N) is 1. The van der Waals surface area contributed by atoms with Gasteiger partial charge in [0.2, 0.25) is 0 Å². The smallest absolute Gasteiger partial charge is 0.0621 e. The minimum atomic E-state index is 0.649. The Hall–Kier alpha value is -0.660. The highest BCUT2D eigenvalue weighted by Crippen LogP contribution is 2.28. The monoisotopic (exact) mass is 284 g/mol. The molecule has 0 fully saturated rings. The number of nitriles is 1. The van der Waals surface area contributed by atoms with Gasteiger partial charge in [-0.3, -0.25) is 0 Å². The standard InChI is InChI=1S/C11H13BrN2S/c12-9-4-5-11(10(14)8-9)15-7-3-1-2-6-13/h4-5,8H,1-3,7,14H2. The van der Waals surface area contributed by atoms with Gasteiger partial charge in [-0.2, -0.15) is 5.26 Å². The van der Waals surface area contributed by atoms with Gasteiger partial charge in [0.05, 0.1) is 6.07 Å². The quantitative estimate of drug-likeness (QED) is 0.508. The number of halogens is 1. The molecule has 2 nitrogen and oxygen atoms in total. The molecule has 80 valence electrons. The number of anilines is 1. The van der Waals surface area contributed by atoms with E-state index in [0.29, 0.717) is 6.42 Å². The Balaban J connectivity index is 2.35. The summed E-state index contributed by atoms with van der Waals surface area (Å²) in [4.78, 5) is 1.12. The molecular weight excluding hydrogens is 272 g/mol. The lowest BCUT2D eigenvalue weighted by Crippen LogP contribution is -1.89. The van der Waals surface area contributed by atoms with E-state index >= 15 is 0 Å². The van der Waals surface area contributed by atoms with E-state index in [1.165, 1.54) is 0 Å². The third-order valence-corrected chi connectivity index (χ3v) is 3.58. The lowest BCUT2D eigenvalue weighted by atomic mass is 10.3. The number of nitrogens with zero attached hydrogens (tertiary/aromatic N) is 1. The van der Waals surface area contributed by atoms with Gasteiger partial charge in [-0.1, -0.05) is 15.9 Å². The van der Waals surface area contributed by atoms with Crippen LogP contribution in [0.4, 0.5) is 5.69 Å². The average Bonchev–Trinajstić information content (AvgIpc) is 2.20. The van der Waals surface area contributed by atoms with Gasteiger partial charge in [0, 0.05) is 21.5 Å². The van der Waals surface area contributed by atoms with Crippen molar-refractivity contribution in [1.82, 2.24) is 0 Å². The first kappa shape index (κ1) is 12.4. The normalized spacial score (nSPS) is 9.87. The lowest BCUT2D eigenvalue weighted by molar-refractivity contribution is 0.830. The predicted octanol–water partition coefficient (Wildman–Crippen LogP) is 3.82. The summed E-state index contributed by atoms with van der Waals surface area (Å²) in [6.45, 7) is 0. The van der Waals surface area contributed by atoms with Gasteiger partial charge in [-0.15, -0.1) is 11.8 Å². The molecule has 0 aliphatic carbocycles. The van der Waals surface area contributed by atoms with E-state index in [-0.39, 0.29) is 0 Å². The minimum Gasteiger partial charge on any atom is -0.398 e. The van der Waals surface area contributed by atoms with Gasteiger partial charge in [0.25, 0.3) is 0 Å². The fraction of sp³-hybridized carbons (Fsp3) is 0.364. The molecule has 0 radical (unpaired) electrons. The van der Waals surface area contributed by atoms with Gasteiger partial charge >= 0.3 is 0 Å². The van der Waals surface area contributed by atoms with E-state index in [1.54, 1.807) is 11.8 Å². The molecule has 2 N–H and O–H groups in total. The molecule has 0 saturated carbocycles. The summed E-state index contributed by atoms with van der Waals surface area (Å²) < 4.78 is 1.01. The predicted molar refractivity (Wildman–Crippen MR) is 68.7 cm³/mol. The van der Waals surface area contributed by atoms with Crippen LogP contribution in [0.2, 0.25) is 0 Å². The summed E-state index contributed by atoms with van der Waals surface area (Å²) in [6, 6.07) is 8.08. The molecule has 1 aromatic rings. The summed E-state index contributed by atoms with van der Waals surface area (Å²) in [5.41, 5.74) is 6.67. The molecule has 0 saturated heterocycles. The van der Waals surface area contributed by atoms with Crippen molar-refractivity contribution in [2.75, 3.05) is 11.5 Å². The summed E-state index contributed by atoms with van der Waals surface area (Å²) in [6.07, 6.45) is 2.68. The molecule has 0 heterocycles. The van der Waals surface area contributed by atoms with Crippen LogP contribution in [0.3, 0.4) is 0 Å². The van der Waals surface area contributed by atoms with E-state index in [2.05, 4.69) is 22.0 Å². The van der Waals surface area contributed by atoms with Crippen molar-refractivity contribution >= 4 is 33.4 Å². The van der Waals surface area contributed by atoms with Crippen molar-refractivity contribution in [3.8, 4) is 6.07 Å². The summed E-state index contributed by atoms with van der Waals surface area (Å²) >= 11 is 5.12. The van der Waals surface area contributed by atoms with E-state index < -0.39 is 0 Å². The van der Waals surface area contributed by atoms with Crippen LogP contribution in [0.5, 0.6) is 0 Å². The van der Waals surface area contributed by atoms with Crippen LogP contribution < -0.4 is 5.73 Å². The van der Waals surface area contributed by atoms with Gasteiger partial charge < -0.3 is 5.73 Å². The summed E-state index contributed by atoms with van der Waals surface area (Å²) in [7, 11) is 0. The Bertz CT molecular complexity index is 360. The van der Waals surface area contributed by atoms with E-state index in [4.69, 9.17) is 11.0 Å². The zero-order valence-corrected chi connectivity index (χ0v) is 10.8. The van der Waals surface area contributed by atoms with Crippen molar-refractivity contribution in [3.63, 3.8) is 0 Å². The third kappa shape index (κ3) is 4.59. The average molecular weight is 285 g/mol. The van der Waals surface area contributed by atoms with Crippen LogP contribution in [-0.4, -0.2) is 5.75 Å². The number of benzene rings is 1. The maximum atomic E-state index is 8.38. The molecule has 15 heavy (non-hydrogen) atoms. The molecule has 0 spiro atoms. The molecular formula is C11H13BrN2S. The Morgan fingerprint density at radius 3 is 2.87 bits per heavy atom. The molecule has 0 unspecified atom stereocenters. The van der Waals surface area contributed by atoms with Gasteiger partial charge in [0.1, 0.15) is 0 Å². The Morgan fingerprint density at radius 2 is 2.20 bits per heavy atom. The molecule has 4 heteroatoms. The zero-order valence-electron chi connectivity index (χ0n) is 8.37. The van der Waals surface area contributed by atoms with Gasteiger partial charge in [-0.05, 0) is 36.8 Å². The highest BCUT2D eigenvalue weighted by Gasteiger charge is 2.00. The Morgan fingerprint density at radius 1 is 1.40 bits per heavy atom. The van der Waals surface area contributed by atoms with Gasteiger partial charge in [0.15, 0.2) is 0 Å². The van der Waals surface area contributed by atoms with Gasteiger partial charge in [-0.25, -0.2) is 0 Å². The molecule has 0 bridgehead atoms. The maximum Gasteiger partial charge on any atom is 0.0621 e. The van der Waals surface area contributed by atoms with E-state index in [0.717, 1.165) is 33.7 Å². The third-order valence-electron chi connectivity index (χ3n) is 1.91. The topological polar surface area (TPSA) is 49.8 Å². The molecule has 0 atom stereocenters.